The number of nitrogens with zero attached hydrogens (tertiary/aromatic N) is 3. The fourth-order valence-electron chi connectivity index (χ4n) is 2.63. The first kappa shape index (κ1) is 11.0. The van der Waals surface area contributed by atoms with Crippen LogP contribution < -0.4 is 0 Å². The van der Waals surface area contributed by atoms with Gasteiger partial charge in [-0.25, -0.2) is 9.97 Å². The lowest BCUT2D eigenvalue weighted by molar-refractivity contribution is 0.305. The molecule has 2 heterocycles. The number of imidazole rings is 1. The Kier molecular flexibility index (Phi) is 2.40. The van der Waals surface area contributed by atoms with Gasteiger partial charge < -0.3 is 4.57 Å². The van der Waals surface area contributed by atoms with E-state index in [-0.39, 0.29) is 5.54 Å². The number of rotatable bonds is 3. The van der Waals surface area contributed by atoms with Crippen molar-refractivity contribution >= 4 is 22.8 Å². The second-order valence-electron chi connectivity index (χ2n) is 5.27. The molecule has 4 heteroatoms. The molecule has 0 spiro atoms. The van der Waals surface area contributed by atoms with E-state index in [1.807, 2.05) is 18.3 Å². The number of alkyl halides is 1. The highest BCUT2D eigenvalue weighted by atomic mass is 35.5. The van der Waals surface area contributed by atoms with E-state index in [1.54, 1.807) is 0 Å². The largest absolute Gasteiger partial charge is 0.306 e. The molecule has 17 heavy (non-hydrogen) atoms. The zero-order valence-corrected chi connectivity index (χ0v) is 10.9. The summed E-state index contributed by atoms with van der Waals surface area (Å²) in [7, 11) is 0. The first-order chi connectivity index (χ1) is 8.14. The summed E-state index contributed by atoms with van der Waals surface area (Å²) in [6, 6.07) is 3.92. The molecule has 0 saturated heterocycles. The minimum atomic E-state index is 0.0628. The average Bonchev–Trinajstić information content (AvgIpc) is 3.09. The maximum Gasteiger partial charge on any atom is 0.160 e. The lowest BCUT2D eigenvalue weighted by Gasteiger charge is -2.28. The molecule has 3 rings (SSSR count). The van der Waals surface area contributed by atoms with Crippen molar-refractivity contribution in [3.63, 3.8) is 0 Å². The number of hydrogen-bond acceptors (Lipinski definition) is 2. The quantitative estimate of drug-likeness (QED) is 0.782. The van der Waals surface area contributed by atoms with Crippen molar-refractivity contribution in [2.75, 3.05) is 0 Å². The van der Waals surface area contributed by atoms with Crippen LogP contribution in [-0.4, -0.2) is 14.5 Å². The summed E-state index contributed by atoms with van der Waals surface area (Å²) >= 11 is 6.02. The van der Waals surface area contributed by atoms with E-state index < -0.39 is 0 Å². The van der Waals surface area contributed by atoms with Crippen LogP contribution in [0.3, 0.4) is 0 Å². The standard InChI is InChI=1S/C13H16ClN3/c1-13(2,9-5-6-9)17-11(8-14)16-10-4-3-7-15-12(10)17/h3-4,7,9H,5-6,8H2,1-2H3. The Labute approximate surface area is 106 Å². The third-order valence-electron chi connectivity index (χ3n) is 3.76. The number of hydrogen-bond donors (Lipinski definition) is 0. The van der Waals surface area contributed by atoms with E-state index >= 15 is 0 Å². The zero-order valence-electron chi connectivity index (χ0n) is 10.2. The van der Waals surface area contributed by atoms with E-state index in [0.717, 1.165) is 22.9 Å². The summed E-state index contributed by atoms with van der Waals surface area (Å²) in [5.74, 6) is 2.09. The fraction of sp³-hybridized carbons (Fsp3) is 0.538. The number of halogens is 1. The molecule has 0 aliphatic heterocycles. The Morgan fingerprint density at radius 3 is 2.88 bits per heavy atom. The first-order valence-corrected chi connectivity index (χ1v) is 6.57. The highest BCUT2D eigenvalue weighted by Gasteiger charge is 2.41. The van der Waals surface area contributed by atoms with Crippen LogP contribution >= 0.6 is 11.6 Å². The minimum Gasteiger partial charge on any atom is -0.306 e. The van der Waals surface area contributed by atoms with E-state index in [0.29, 0.717) is 5.88 Å². The molecule has 0 amide bonds. The number of pyridine rings is 1. The molecule has 0 unspecified atom stereocenters. The van der Waals surface area contributed by atoms with Crippen molar-refractivity contribution in [2.45, 2.75) is 38.1 Å². The third kappa shape index (κ3) is 1.64. The van der Waals surface area contributed by atoms with Crippen LogP contribution in [0.25, 0.3) is 11.2 Å². The highest BCUT2D eigenvalue weighted by Crippen LogP contribution is 2.45. The van der Waals surface area contributed by atoms with E-state index in [1.165, 1.54) is 12.8 Å². The maximum atomic E-state index is 6.02. The molecule has 2 aromatic heterocycles. The lowest BCUT2D eigenvalue weighted by atomic mass is 9.98. The molecule has 1 aliphatic rings. The van der Waals surface area contributed by atoms with Gasteiger partial charge in [0.05, 0.1) is 5.88 Å². The molecule has 0 atom stereocenters. The van der Waals surface area contributed by atoms with Gasteiger partial charge in [-0.15, -0.1) is 11.6 Å². The third-order valence-corrected chi connectivity index (χ3v) is 4.00. The molecular formula is C13H16ClN3. The van der Waals surface area contributed by atoms with Crippen LogP contribution in [0.2, 0.25) is 0 Å². The van der Waals surface area contributed by atoms with E-state index in [4.69, 9.17) is 11.6 Å². The monoisotopic (exact) mass is 249 g/mol. The Morgan fingerprint density at radius 2 is 2.24 bits per heavy atom. The van der Waals surface area contributed by atoms with Crippen molar-refractivity contribution < 1.29 is 0 Å². The summed E-state index contributed by atoms with van der Waals surface area (Å²) in [5, 5.41) is 0. The van der Waals surface area contributed by atoms with Crippen molar-refractivity contribution in [3.05, 3.63) is 24.2 Å². The molecule has 1 aliphatic carbocycles. The van der Waals surface area contributed by atoms with Crippen LogP contribution in [0.1, 0.15) is 32.5 Å². The summed E-state index contributed by atoms with van der Waals surface area (Å²) in [6.07, 6.45) is 4.41. The molecule has 3 nitrogen and oxygen atoms in total. The molecule has 2 aromatic rings. The summed E-state index contributed by atoms with van der Waals surface area (Å²) in [5.41, 5.74) is 1.96. The second-order valence-corrected chi connectivity index (χ2v) is 5.54. The predicted octanol–water partition coefficient (Wildman–Crippen LogP) is 3.32. The van der Waals surface area contributed by atoms with Gasteiger partial charge in [0.25, 0.3) is 0 Å². The van der Waals surface area contributed by atoms with Crippen molar-refractivity contribution in [3.8, 4) is 0 Å². The molecule has 0 bridgehead atoms. The molecule has 0 N–H and O–H groups in total. The summed E-state index contributed by atoms with van der Waals surface area (Å²) in [4.78, 5) is 9.04. The SMILES string of the molecule is CC(C)(C1CC1)n1c(CCl)nc2cccnc21. The highest BCUT2D eigenvalue weighted by molar-refractivity contribution is 6.16. The van der Waals surface area contributed by atoms with Gasteiger partial charge in [0.2, 0.25) is 0 Å². The van der Waals surface area contributed by atoms with Gasteiger partial charge >= 0.3 is 0 Å². The molecule has 1 fully saturated rings. The van der Waals surface area contributed by atoms with Gasteiger partial charge in [-0.1, -0.05) is 0 Å². The van der Waals surface area contributed by atoms with Gasteiger partial charge in [-0.2, -0.15) is 0 Å². The molecule has 0 radical (unpaired) electrons. The van der Waals surface area contributed by atoms with Gasteiger partial charge in [-0.3, -0.25) is 0 Å². The maximum absolute atomic E-state index is 6.02. The Morgan fingerprint density at radius 1 is 1.47 bits per heavy atom. The number of aromatic nitrogens is 3. The molecule has 0 aromatic carbocycles. The fourth-order valence-corrected chi connectivity index (χ4v) is 2.81. The minimum absolute atomic E-state index is 0.0628. The van der Waals surface area contributed by atoms with Gasteiger partial charge in [0.1, 0.15) is 11.3 Å². The molecular weight excluding hydrogens is 234 g/mol. The van der Waals surface area contributed by atoms with Crippen LogP contribution in [-0.2, 0) is 11.4 Å². The van der Waals surface area contributed by atoms with Crippen LogP contribution in [0.15, 0.2) is 18.3 Å². The van der Waals surface area contributed by atoms with Crippen LogP contribution in [0.4, 0.5) is 0 Å². The van der Waals surface area contributed by atoms with E-state index in [2.05, 4.69) is 28.4 Å². The summed E-state index contributed by atoms with van der Waals surface area (Å²) in [6.45, 7) is 4.52. The smallest absolute Gasteiger partial charge is 0.160 e. The number of fused-ring (bicyclic) bond motifs is 1. The van der Waals surface area contributed by atoms with Crippen molar-refractivity contribution in [1.29, 1.82) is 0 Å². The Balaban J connectivity index is 2.25. The first-order valence-electron chi connectivity index (χ1n) is 6.03. The summed E-state index contributed by atoms with van der Waals surface area (Å²) < 4.78 is 2.23. The van der Waals surface area contributed by atoms with Gasteiger partial charge in [-0.05, 0) is 44.7 Å². The second kappa shape index (κ2) is 3.70. The normalized spacial score (nSPS) is 16.6. The molecule has 1 saturated carbocycles. The predicted molar refractivity (Wildman–Crippen MR) is 69.1 cm³/mol. The molecule has 90 valence electrons. The van der Waals surface area contributed by atoms with Crippen LogP contribution in [0, 0.1) is 5.92 Å². The van der Waals surface area contributed by atoms with E-state index in [9.17, 15) is 0 Å². The zero-order chi connectivity index (χ0) is 12.0. The van der Waals surface area contributed by atoms with Crippen molar-refractivity contribution in [1.82, 2.24) is 14.5 Å². The average molecular weight is 250 g/mol. The van der Waals surface area contributed by atoms with Gasteiger partial charge in [0.15, 0.2) is 5.65 Å². The Hall–Kier alpha value is -1.09. The van der Waals surface area contributed by atoms with Crippen LogP contribution in [0.5, 0.6) is 0 Å². The lowest BCUT2D eigenvalue weighted by Crippen LogP contribution is -2.30. The Bertz CT molecular complexity index is 555. The van der Waals surface area contributed by atoms with Crippen molar-refractivity contribution in [2.24, 2.45) is 5.92 Å². The topological polar surface area (TPSA) is 30.7 Å². The van der Waals surface area contributed by atoms with Gasteiger partial charge in [0, 0.05) is 11.7 Å².